The fourth-order valence-corrected chi connectivity index (χ4v) is 3.72. The third kappa shape index (κ3) is 7.37. The number of benzene rings is 2. The van der Waals surface area contributed by atoms with E-state index >= 15 is 0 Å². The van der Waals surface area contributed by atoms with Crippen molar-refractivity contribution in [1.82, 2.24) is 10.7 Å². The van der Waals surface area contributed by atoms with Crippen LogP contribution in [0.25, 0.3) is 0 Å². The number of hydrazone groups is 1. The van der Waals surface area contributed by atoms with Gasteiger partial charge in [-0.05, 0) is 84.3 Å². The number of nitrogens with zero attached hydrogens (tertiary/aromatic N) is 1. The summed E-state index contributed by atoms with van der Waals surface area (Å²) in [6.45, 7) is 8.52. The molecular formula is C23H27ClIN3O4. The topological polar surface area (TPSA) is 89.0 Å². The fraction of sp³-hybridized carbons (Fsp3) is 0.348. The molecule has 0 aliphatic rings. The van der Waals surface area contributed by atoms with E-state index in [-0.39, 0.29) is 11.8 Å². The Balaban J connectivity index is 2.09. The highest BCUT2D eigenvalue weighted by atomic mass is 127. The summed E-state index contributed by atoms with van der Waals surface area (Å²) in [5.74, 6) is 0.383. The summed E-state index contributed by atoms with van der Waals surface area (Å²) in [5, 5.41) is 7.35. The molecule has 2 rings (SSSR count). The fourth-order valence-electron chi connectivity index (χ4n) is 2.81. The minimum Gasteiger partial charge on any atom is -0.490 e. The average molecular weight is 572 g/mol. The molecule has 2 N–H and O–H groups in total. The van der Waals surface area contributed by atoms with Crippen molar-refractivity contribution in [2.45, 2.75) is 33.7 Å². The summed E-state index contributed by atoms with van der Waals surface area (Å²) in [4.78, 5) is 25.2. The Labute approximate surface area is 207 Å². The maximum atomic E-state index is 12.7. The predicted octanol–water partition coefficient (Wildman–Crippen LogP) is 4.65. The molecule has 2 aromatic rings. The Morgan fingerprint density at radius 1 is 1.12 bits per heavy atom. The van der Waals surface area contributed by atoms with Crippen molar-refractivity contribution in [3.05, 3.63) is 56.1 Å². The Morgan fingerprint density at radius 2 is 1.78 bits per heavy atom. The van der Waals surface area contributed by atoms with Gasteiger partial charge in [-0.1, -0.05) is 25.4 Å². The Kier molecular flexibility index (Phi) is 10.2. The molecule has 0 fully saturated rings. The van der Waals surface area contributed by atoms with Gasteiger partial charge in [-0.2, -0.15) is 5.10 Å². The standard InChI is InChI=1S/C23H27ClIN3O4/c1-5-31-19-12-15(11-18(25)21(19)32-6-2)13-26-28-23(30)20(14(3)4)27-22(29)16-7-9-17(24)10-8-16/h7-14,20H,5-6H2,1-4H3,(H,27,29)(H,28,30). The van der Waals surface area contributed by atoms with Crippen molar-refractivity contribution in [3.63, 3.8) is 0 Å². The van der Waals surface area contributed by atoms with Crippen LogP contribution in [-0.4, -0.2) is 37.3 Å². The highest BCUT2D eigenvalue weighted by Crippen LogP contribution is 2.33. The molecule has 1 unspecified atom stereocenters. The third-order valence-electron chi connectivity index (χ3n) is 4.35. The number of carbonyl (C=O) groups is 2. The van der Waals surface area contributed by atoms with E-state index in [9.17, 15) is 9.59 Å². The lowest BCUT2D eigenvalue weighted by Gasteiger charge is -2.20. The minimum atomic E-state index is -0.755. The molecule has 7 nitrogen and oxygen atoms in total. The molecule has 2 amide bonds. The van der Waals surface area contributed by atoms with Gasteiger partial charge in [0.05, 0.1) is 23.0 Å². The van der Waals surface area contributed by atoms with Gasteiger partial charge < -0.3 is 14.8 Å². The van der Waals surface area contributed by atoms with Gasteiger partial charge in [0.25, 0.3) is 11.8 Å². The van der Waals surface area contributed by atoms with E-state index in [1.54, 1.807) is 30.3 Å². The Morgan fingerprint density at radius 3 is 2.38 bits per heavy atom. The molecule has 0 aliphatic heterocycles. The van der Waals surface area contributed by atoms with Gasteiger partial charge in [-0.3, -0.25) is 9.59 Å². The van der Waals surface area contributed by atoms with E-state index in [0.717, 1.165) is 9.13 Å². The molecule has 0 saturated heterocycles. The van der Waals surface area contributed by atoms with Crippen LogP contribution in [0.3, 0.4) is 0 Å². The molecule has 9 heteroatoms. The average Bonchev–Trinajstić information content (AvgIpc) is 2.74. The Hall–Kier alpha value is -2.33. The molecule has 0 aromatic heterocycles. The summed E-state index contributed by atoms with van der Waals surface area (Å²) in [5.41, 5.74) is 3.67. The van der Waals surface area contributed by atoms with Crippen molar-refractivity contribution in [2.24, 2.45) is 11.0 Å². The molecule has 0 radical (unpaired) electrons. The Bertz CT molecular complexity index is 964. The molecule has 0 aliphatic carbocycles. The molecule has 0 heterocycles. The van der Waals surface area contributed by atoms with E-state index in [1.807, 2.05) is 33.8 Å². The maximum Gasteiger partial charge on any atom is 0.262 e. The zero-order chi connectivity index (χ0) is 23.7. The van der Waals surface area contributed by atoms with Crippen LogP contribution in [0.2, 0.25) is 5.02 Å². The summed E-state index contributed by atoms with van der Waals surface area (Å²) in [6.07, 6.45) is 1.52. The summed E-state index contributed by atoms with van der Waals surface area (Å²) < 4.78 is 12.2. The largest absolute Gasteiger partial charge is 0.490 e. The maximum absolute atomic E-state index is 12.7. The third-order valence-corrected chi connectivity index (χ3v) is 5.40. The van der Waals surface area contributed by atoms with Crippen molar-refractivity contribution < 1.29 is 19.1 Å². The SMILES string of the molecule is CCOc1cc(C=NNC(=O)C(NC(=O)c2ccc(Cl)cc2)C(C)C)cc(I)c1OCC. The van der Waals surface area contributed by atoms with Crippen molar-refractivity contribution in [1.29, 1.82) is 0 Å². The van der Waals surface area contributed by atoms with Crippen LogP contribution in [0.5, 0.6) is 11.5 Å². The van der Waals surface area contributed by atoms with Gasteiger partial charge in [0.1, 0.15) is 6.04 Å². The lowest BCUT2D eigenvalue weighted by atomic mass is 10.0. The van der Waals surface area contributed by atoms with Gasteiger partial charge in [-0.25, -0.2) is 5.43 Å². The van der Waals surface area contributed by atoms with Crippen LogP contribution in [0.1, 0.15) is 43.6 Å². The first-order chi connectivity index (χ1) is 15.3. The molecule has 0 bridgehead atoms. The van der Waals surface area contributed by atoms with E-state index in [2.05, 4.69) is 38.4 Å². The molecule has 172 valence electrons. The summed E-state index contributed by atoms with van der Waals surface area (Å²) in [6, 6.07) is 9.39. The smallest absolute Gasteiger partial charge is 0.262 e. The lowest BCUT2D eigenvalue weighted by Crippen LogP contribution is -2.48. The van der Waals surface area contributed by atoms with Crippen molar-refractivity contribution >= 4 is 52.2 Å². The number of halogens is 2. The second kappa shape index (κ2) is 12.6. The van der Waals surface area contributed by atoms with Gasteiger partial charge in [0, 0.05) is 10.6 Å². The molecule has 2 aromatic carbocycles. The van der Waals surface area contributed by atoms with Crippen LogP contribution in [0, 0.1) is 9.49 Å². The molecule has 0 spiro atoms. The monoisotopic (exact) mass is 571 g/mol. The number of ether oxygens (including phenoxy) is 2. The van der Waals surface area contributed by atoms with Crippen LogP contribution in [-0.2, 0) is 4.79 Å². The highest BCUT2D eigenvalue weighted by Gasteiger charge is 2.24. The van der Waals surface area contributed by atoms with Crippen LogP contribution >= 0.6 is 34.2 Å². The normalized spacial score (nSPS) is 12.0. The van der Waals surface area contributed by atoms with E-state index in [4.69, 9.17) is 21.1 Å². The first-order valence-corrected chi connectivity index (χ1v) is 11.7. The van der Waals surface area contributed by atoms with Gasteiger partial charge in [0.2, 0.25) is 0 Å². The van der Waals surface area contributed by atoms with Crippen LogP contribution < -0.4 is 20.2 Å². The molecule has 1 atom stereocenters. The number of rotatable bonds is 10. The number of carbonyl (C=O) groups excluding carboxylic acids is 2. The summed E-state index contributed by atoms with van der Waals surface area (Å²) >= 11 is 8.03. The van der Waals surface area contributed by atoms with Gasteiger partial charge in [0.15, 0.2) is 11.5 Å². The van der Waals surface area contributed by atoms with Crippen molar-refractivity contribution in [2.75, 3.05) is 13.2 Å². The quantitative estimate of drug-likeness (QED) is 0.247. The van der Waals surface area contributed by atoms with Crippen LogP contribution in [0.15, 0.2) is 41.5 Å². The zero-order valence-corrected chi connectivity index (χ0v) is 21.4. The van der Waals surface area contributed by atoms with E-state index in [1.165, 1.54) is 6.21 Å². The molecule has 32 heavy (non-hydrogen) atoms. The second-order valence-electron chi connectivity index (χ2n) is 7.13. The second-order valence-corrected chi connectivity index (χ2v) is 8.73. The van der Waals surface area contributed by atoms with Gasteiger partial charge >= 0.3 is 0 Å². The first-order valence-electron chi connectivity index (χ1n) is 10.2. The summed E-state index contributed by atoms with van der Waals surface area (Å²) in [7, 11) is 0. The van der Waals surface area contributed by atoms with E-state index in [0.29, 0.717) is 35.3 Å². The first kappa shape index (κ1) is 25.9. The molecule has 0 saturated carbocycles. The number of hydrogen-bond acceptors (Lipinski definition) is 5. The van der Waals surface area contributed by atoms with Gasteiger partial charge in [-0.15, -0.1) is 0 Å². The van der Waals surface area contributed by atoms with Crippen LogP contribution in [0.4, 0.5) is 0 Å². The molecular weight excluding hydrogens is 545 g/mol. The highest BCUT2D eigenvalue weighted by molar-refractivity contribution is 14.1. The zero-order valence-electron chi connectivity index (χ0n) is 18.4. The number of amides is 2. The number of hydrogen-bond donors (Lipinski definition) is 2. The number of nitrogens with one attached hydrogen (secondary N) is 2. The predicted molar refractivity (Wildman–Crippen MR) is 135 cm³/mol. The van der Waals surface area contributed by atoms with Crippen molar-refractivity contribution in [3.8, 4) is 11.5 Å². The van der Waals surface area contributed by atoms with E-state index < -0.39 is 11.9 Å². The lowest BCUT2D eigenvalue weighted by molar-refractivity contribution is -0.123. The minimum absolute atomic E-state index is 0.141.